The van der Waals surface area contributed by atoms with Gasteiger partial charge in [-0.25, -0.2) is 0 Å². The fourth-order valence-electron chi connectivity index (χ4n) is 3.19. The number of carbonyl (C=O) groups excluding carboxylic acids is 1. The smallest absolute Gasteiger partial charge is 0.222 e. The van der Waals surface area contributed by atoms with Gasteiger partial charge in [0.05, 0.1) is 19.1 Å². The third kappa shape index (κ3) is 5.30. The van der Waals surface area contributed by atoms with Gasteiger partial charge in [0.1, 0.15) is 0 Å². The first-order valence-corrected chi connectivity index (χ1v) is 8.69. The standard InChI is InChI=1S/C18H27N3O2/c22-18(11-17-13-19-7-10-23-17)20-12-15-3-5-16(6-4-15)14-21-8-1-2-9-21/h3-6,17,19H,1-2,7-14H2,(H,20,22). The summed E-state index contributed by atoms with van der Waals surface area (Å²) >= 11 is 0. The maximum atomic E-state index is 12.0. The molecule has 0 saturated carbocycles. The van der Waals surface area contributed by atoms with E-state index in [1.54, 1.807) is 0 Å². The van der Waals surface area contributed by atoms with E-state index in [9.17, 15) is 4.79 Å². The number of nitrogens with one attached hydrogen (secondary N) is 2. The van der Waals surface area contributed by atoms with E-state index >= 15 is 0 Å². The normalized spacial score (nSPS) is 22.2. The Labute approximate surface area is 138 Å². The van der Waals surface area contributed by atoms with Crippen LogP contribution in [-0.4, -0.2) is 49.7 Å². The number of rotatable bonds is 6. The summed E-state index contributed by atoms with van der Waals surface area (Å²) in [6.07, 6.45) is 3.08. The Morgan fingerprint density at radius 3 is 2.65 bits per heavy atom. The van der Waals surface area contributed by atoms with Gasteiger partial charge in [0.15, 0.2) is 0 Å². The molecule has 0 aliphatic carbocycles. The van der Waals surface area contributed by atoms with Gasteiger partial charge < -0.3 is 15.4 Å². The highest BCUT2D eigenvalue weighted by molar-refractivity contribution is 5.76. The van der Waals surface area contributed by atoms with Gasteiger partial charge in [0.2, 0.25) is 5.91 Å². The molecule has 2 N–H and O–H groups in total. The zero-order valence-corrected chi connectivity index (χ0v) is 13.7. The quantitative estimate of drug-likeness (QED) is 0.830. The van der Waals surface area contributed by atoms with Crippen LogP contribution >= 0.6 is 0 Å². The second kappa shape index (κ2) is 8.43. The van der Waals surface area contributed by atoms with Gasteiger partial charge in [-0.15, -0.1) is 0 Å². The molecule has 1 aromatic carbocycles. The molecular formula is C18H27N3O2. The predicted molar refractivity (Wildman–Crippen MR) is 90.0 cm³/mol. The highest BCUT2D eigenvalue weighted by Gasteiger charge is 2.17. The van der Waals surface area contributed by atoms with Gasteiger partial charge in [-0.1, -0.05) is 24.3 Å². The van der Waals surface area contributed by atoms with Crippen LogP contribution in [0.15, 0.2) is 24.3 Å². The van der Waals surface area contributed by atoms with Crippen molar-refractivity contribution in [2.24, 2.45) is 0 Å². The second-order valence-electron chi connectivity index (χ2n) is 6.48. The Morgan fingerprint density at radius 1 is 1.22 bits per heavy atom. The van der Waals surface area contributed by atoms with Gasteiger partial charge in [-0.2, -0.15) is 0 Å². The number of benzene rings is 1. The summed E-state index contributed by atoms with van der Waals surface area (Å²) < 4.78 is 5.55. The Morgan fingerprint density at radius 2 is 1.96 bits per heavy atom. The minimum absolute atomic E-state index is 0.00610. The number of likely N-dealkylation sites (tertiary alicyclic amines) is 1. The molecule has 1 unspecified atom stereocenters. The molecule has 126 valence electrons. The monoisotopic (exact) mass is 317 g/mol. The molecule has 23 heavy (non-hydrogen) atoms. The lowest BCUT2D eigenvalue weighted by molar-refractivity contribution is -0.124. The van der Waals surface area contributed by atoms with Crippen molar-refractivity contribution in [2.45, 2.75) is 38.5 Å². The first kappa shape index (κ1) is 16.4. The number of hydrogen-bond acceptors (Lipinski definition) is 4. The van der Waals surface area contributed by atoms with Gasteiger partial charge in [0, 0.05) is 26.2 Å². The lowest BCUT2D eigenvalue weighted by Crippen LogP contribution is -2.41. The summed E-state index contributed by atoms with van der Waals surface area (Å²) in [6, 6.07) is 8.58. The zero-order valence-electron chi connectivity index (χ0n) is 13.7. The molecule has 2 aliphatic heterocycles. The van der Waals surface area contributed by atoms with E-state index in [1.807, 2.05) is 0 Å². The van der Waals surface area contributed by atoms with Crippen LogP contribution < -0.4 is 10.6 Å². The summed E-state index contributed by atoms with van der Waals surface area (Å²) in [5, 5.41) is 6.22. The molecule has 1 amide bonds. The van der Waals surface area contributed by atoms with E-state index in [0.717, 1.165) is 25.2 Å². The van der Waals surface area contributed by atoms with Crippen LogP contribution in [0, 0.1) is 0 Å². The number of nitrogens with zero attached hydrogens (tertiary/aromatic N) is 1. The summed E-state index contributed by atoms with van der Waals surface area (Å²) in [5.41, 5.74) is 2.50. The molecule has 0 radical (unpaired) electrons. The van der Waals surface area contributed by atoms with Crippen LogP contribution in [0.25, 0.3) is 0 Å². The van der Waals surface area contributed by atoms with Crippen LogP contribution in [0.5, 0.6) is 0 Å². The summed E-state index contributed by atoms with van der Waals surface area (Å²) in [6.45, 7) is 6.39. The molecule has 0 bridgehead atoms. The van der Waals surface area contributed by atoms with E-state index in [1.165, 1.54) is 31.5 Å². The van der Waals surface area contributed by atoms with Crippen molar-refractivity contribution >= 4 is 5.91 Å². The fourth-order valence-corrected chi connectivity index (χ4v) is 3.19. The van der Waals surface area contributed by atoms with Crippen molar-refractivity contribution in [3.63, 3.8) is 0 Å². The lowest BCUT2D eigenvalue weighted by Gasteiger charge is -2.23. The van der Waals surface area contributed by atoms with Gasteiger partial charge in [0.25, 0.3) is 0 Å². The number of hydrogen-bond donors (Lipinski definition) is 2. The van der Waals surface area contributed by atoms with Crippen LogP contribution in [0.3, 0.4) is 0 Å². The first-order valence-electron chi connectivity index (χ1n) is 8.69. The minimum Gasteiger partial charge on any atom is -0.375 e. The number of morpholine rings is 1. The maximum Gasteiger partial charge on any atom is 0.222 e. The molecule has 3 rings (SSSR count). The van der Waals surface area contributed by atoms with E-state index in [4.69, 9.17) is 4.74 Å². The van der Waals surface area contributed by atoms with Crippen LogP contribution in [0.4, 0.5) is 0 Å². The van der Waals surface area contributed by atoms with Crippen molar-refractivity contribution in [3.05, 3.63) is 35.4 Å². The highest BCUT2D eigenvalue weighted by Crippen LogP contribution is 2.13. The van der Waals surface area contributed by atoms with E-state index in [2.05, 4.69) is 39.8 Å². The second-order valence-corrected chi connectivity index (χ2v) is 6.48. The molecular weight excluding hydrogens is 290 g/mol. The topological polar surface area (TPSA) is 53.6 Å². The summed E-state index contributed by atoms with van der Waals surface area (Å²) in [5.74, 6) is 0.0554. The van der Waals surface area contributed by atoms with Crippen LogP contribution in [-0.2, 0) is 22.6 Å². The molecule has 0 spiro atoms. The summed E-state index contributed by atoms with van der Waals surface area (Å²) in [7, 11) is 0. The lowest BCUT2D eigenvalue weighted by atomic mass is 10.1. The van der Waals surface area contributed by atoms with Gasteiger partial charge in [-0.05, 0) is 37.1 Å². The Kier molecular flexibility index (Phi) is 6.02. The third-order valence-corrected chi connectivity index (χ3v) is 4.53. The minimum atomic E-state index is 0.00610. The van der Waals surface area contributed by atoms with E-state index < -0.39 is 0 Å². The average Bonchev–Trinajstić information content (AvgIpc) is 3.08. The molecule has 2 heterocycles. The third-order valence-electron chi connectivity index (χ3n) is 4.53. The Bertz CT molecular complexity index is 491. The van der Waals surface area contributed by atoms with Crippen LogP contribution in [0.1, 0.15) is 30.4 Å². The molecule has 2 saturated heterocycles. The van der Waals surface area contributed by atoms with E-state index in [-0.39, 0.29) is 12.0 Å². The van der Waals surface area contributed by atoms with E-state index in [0.29, 0.717) is 19.6 Å². The number of ether oxygens (including phenoxy) is 1. The van der Waals surface area contributed by atoms with Crippen molar-refractivity contribution in [3.8, 4) is 0 Å². The first-order chi connectivity index (χ1) is 11.3. The maximum absolute atomic E-state index is 12.0. The van der Waals surface area contributed by atoms with Crippen molar-refractivity contribution in [1.29, 1.82) is 0 Å². The Hall–Kier alpha value is -1.43. The fraction of sp³-hybridized carbons (Fsp3) is 0.611. The number of carbonyl (C=O) groups is 1. The highest BCUT2D eigenvalue weighted by atomic mass is 16.5. The number of amides is 1. The molecule has 5 heteroatoms. The van der Waals surface area contributed by atoms with Gasteiger partial charge in [-0.3, -0.25) is 9.69 Å². The van der Waals surface area contributed by atoms with Crippen molar-refractivity contribution in [1.82, 2.24) is 15.5 Å². The predicted octanol–water partition coefficient (Wildman–Crippen LogP) is 1.28. The summed E-state index contributed by atoms with van der Waals surface area (Å²) in [4.78, 5) is 14.5. The average molecular weight is 317 g/mol. The SMILES string of the molecule is O=C(CC1CNCCO1)NCc1ccc(CN2CCCC2)cc1. The molecule has 2 fully saturated rings. The zero-order chi connectivity index (χ0) is 15.9. The van der Waals surface area contributed by atoms with Crippen LogP contribution in [0.2, 0.25) is 0 Å². The molecule has 5 nitrogen and oxygen atoms in total. The largest absolute Gasteiger partial charge is 0.375 e. The molecule has 1 atom stereocenters. The molecule has 0 aromatic heterocycles. The Balaban J connectivity index is 1.40. The van der Waals surface area contributed by atoms with Crippen molar-refractivity contribution < 1.29 is 9.53 Å². The van der Waals surface area contributed by atoms with Crippen molar-refractivity contribution in [2.75, 3.05) is 32.8 Å². The molecule has 2 aliphatic rings. The molecule has 1 aromatic rings. The van der Waals surface area contributed by atoms with Gasteiger partial charge >= 0.3 is 0 Å².